The molecule has 0 aromatic carbocycles. The van der Waals surface area contributed by atoms with Gasteiger partial charge in [0, 0.05) is 17.9 Å². The van der Waals surface area contributed by atoms with Crippen LogP contribution in [0, 0.1) is 29.1 Å². The van der Waals surface area contributed by atoms with Gasteiger partial charge in [0.2, 0.25) is 0 Å². The molecule has 7 atom stereocenters. The largest absolute Gasteiger partial charge is 0.466 e. The average molecular weight is 406 g/mol. The van der Waals surface area contributed by atoms with Crippen molar-refractivity contribution in [2.75, 3.05) is 26.2 Å². The van der Waals surface area contributed by atoms with E-state index in [0.717, 1.165) is 38.9 Å². The van der Waals surface area contributed by atoms with Gasteiger partial charge in [-0.1, -0.05) is 20.3 Å². The molecular weight excluding hydrogens is 370 g/mol. The number of hydrogen-bond acceptors (Lipinski definition) is 6. The molecule has 5 fully saturated rings. The predicted octanol–water partition coefficient (Wildman–Crippen LogP) is 2.79. The van der Waals surface area contributed by atoms with Crippen LogP contribution >= 0.6 is 0 Å². The molecule has 2 saturated carbocycles. The van der Waals surface area contributed by atoms with E-state index in [9.17, 15) is 9.59 Å². The van der Waals surface area contributed by atoms with Crippen molar-refractivity contribution in [2.45, 2.75) is 77.1 Å². The zero-order chi connectivity index (χ0) is 20.4. The van der Waals surface area contributed by atoms with E-state index in [-0.39, 0.29) is 52.9 Å². The van der Waals surface area contributed by atoms with Gasteiger partial charge in [-0.25, -0.2) is 0 Å². The molecule has 162 valence electrons. The van der Waals surface area contributed by atoms with E-state index in [1.165, 1.54) is 19.3 Å². The second kappa shape index (κ2) is 6.94. The fourth-order valence-corrected chi connectivity index (χ4v) is 7.33. The normalized spacial score (nSPS) is 47.0. The van der Waals surface area contributed by atoms with Crippen LogP contribution < -0.4 is 0 Å². The summed E-state index contributed by atoms with van der Waals surface area (Å²) in [6.07, 6.45) is 6.42. The Balaban J connectivity index is 1.26. The summed E-state index contributed by atoms with van der Waals surface area (Å²) in [5.41, 5.74) is 0.110. The van der Waals surface area contributed by atoms with Gasteiger partial charge in [0.25, 0.3) is 0 Å². The lowest BCUT2D eigenvalue weighted by Gasteiger charge is -2.49. The highest BCUT2D eigenvalue weighted by Gasteiger charge is 2.78. The number of hydrogen-bond donors (Lipinski definition) is 0. The molecular formula is C23H35NO5. The predicted molar refractivity (Wildman–Crippen MR) is 106 cm³/mol. The summed E-state index contributed by atoms with van der Waals surface area (Å²) in [7, 11) is 0. The fourth-order valence-electron chi connectivity index (χ4n) is 7.33. The van der Waals surface area contributed by atoms with Crippen LogP contribution in [0.4, 0.5) is 0 Å². The lowest BCUT2D eigenvalue weighted by atomic mass is 9.53. The molecule has 0 bridgehead atoms. The van der Waals surface area contributed by atoms with Crippen LogP contribution in [0.3, 0.4) is 0 Å². The Morgan fingerprint density at radius 1 is 1.28 bits per heavy atom. The lowest BCUT2D eigenvalue weighted by Crippen LogP contribution is -2.54. The molecule has 5 aliphatic rings. The first-order valence-electron chi connectivity index (χ1n) is 11.7. The molecule has 6 heteroatoms. The maximum atomic E-state index is 12.8. The SMILES string of the molecule is CCOC(=O)C1CCN(CC2C(=O)O[C@@H]3C[C@@]4(C)CCC[C@H](C)C45OC5[C@H]23)CC1. The minimum atomic E-state index is -0.0952. The molecule has 1 spiro atoms. The summed E-state index contributed by atoms with van der Waals surface area (Å²) in [6.45, 7) is 9.41. The Labute approximate surface area is 173 Å². The van der Waals surface area contributed by atoms with Crippen LogP contribution in [-0.2, 0) is 23.8 Å². The Kier molecular flexibility index (Phi) is 4.74. The Morgan fingerprint density at radius 2 is 2.03 bits per heavy atom. The van der Waals surface area contributed by atoms with E-state index >= 15 is 0 Å². The first-order valence-corrected chi connectivity index (χ1v) is 11.7. The van der Waals surface area contributed by atoms with Crippen LogP contribution in [0.5, 0.6) is 0 Å². The van der Waals surface area contributed by atoms with Crippen LogP contribution in [0.2, 0.25) is 0 Å². The number of likely N-dealkylation sites (tertiary alicyclic amines) is 1. The summed E-state index contributed by atoms with van der Waals surface area (Å²) in [6, 6.07) is 0. The third-order valence-electron chi connectivity index (χ3n) is 8.86. The zero-order valence-electron chi connectivity index (χ0n) is 18.0. The molecule has 3 saturated heterocycles. The highest BCUT2D eigenvalue weighted by atomic mass is 16.6. The maximum absolute atomic E-state index is 12.8. The Morgan fingerprint density at radius 3 is 2.76 bits per heavy atom. The van der Waals surface area contributed by atoms with Gasteiger partial charge in [-0.15, -0.1) is 0 Å². The smallest absolute Gasteiger partial charge is 0.311 e. The number of rotatable bonds is 4. The number of carbonyl (C=O) groups excluding carboxylic acids is 2. The Bertz CT molecular complexity index is 689. The van der Waals surface area contributed by atoms with Gasteiger partial charge in [-0.2, -0.15) is 0 Å². The van der Waals surface area contributed by atoms with Crippen molar-refractivity contribution in [3.63, 3.8) is 0 Å². The van der Waals surface area contributed by atoms with Gasteiger partial charge in [0.15, 0.2) is 0 Å². The maximum Gasteiger partial charge on any atom is 0.311 e. The number of esters is 2. The first kappa shape index (κ1) is 19.8. The molecule has 0 aromatic rings. The van der Waals surface area contributed by atoms with Gasteiger partial charge in [-0.3, -0.25) is 9.59 Å². The molecule has 0 radical (unpaired) electrons. The molecule has 6 nitrogen and oxygen atoms in total. The van der Waals surface area contributed by atoms with Crippen LogP contribution in [0.15, 0.2) is 0 Å². The molecule has 3 unspecified atom stereocenters. The minimum absolute atomic E-state index is 0.00277. The molecule has 0 amide bonds. The number of ether oxygens (including phenoxy) is 3. The Hall–Kier alpha value is -1.14. The molecule has 0 N–H and O–H groups in total. The number of epoxide rings is 1. The summed E-state index contributed by atoms with van der Waals surface area (Å²) >= 11 is 0. The second-order valence-electron chi connectivity index (χ2n) is 10.4. The highest BCUT2D eigenvalue weighted by Crippen LogP contribution is 2.70. The third-order valence-corrected chi connectivity index (χ3v) is 8.86. The van der Waals surface area contributed by atoms with E-state index in [0.29, 0.717) is 12.5 Å². The van der Waals surface area contributed by atoms with Crippen molar-refractivity contribution < 1.29 is 23.8 Å². The minimum Gasteiger partial charge on any atom is -0.466 e. The van der Waals surface area contributed by atoms with Crippen molar-refractivity contribution in [3.8, 4) is 0 Å². The van der Waals surface area contributed by atoms with Crippen molar-refractivity contribution in [1.82, 2.24) is 4.90 Å². The highest BCUT2D eigenvalue weighted by molar-refractivity contribution is 5.76. The lowest BCUT2D eigenvalue weighted by molar-refractivity contribution is -0.150. The summed E-state index contributed by atoms with van der Waals surface area (Å²) in [4.78, 5) is 27.2. The first-order chi connectivity index (χ1) is 13.9. The van der Waals surface area contributed by atoms with Gasteiger partial charge < -0.3 is 19.1 Å². The zero-order valence-corrected chi connectivity index (χ0v) is 18.0. The second-order valence-corrected chi connectivity index (χ2v) is 10.4. The van der Waals surface area contributed by atoms with E-state index < -0.39 is 0 Å². The molecule has 5 rings (SSSR count). The van der Waals surface area contributed by atoms with Crippen molar-refractivity contribution >= 4 is 11.9 Å². The molecule has 3 heterocycles. The van der Waals surface area contributed by atoms with E-state index in [1.807, 2.05) is 6.92 Å². The van der Waals surface area contributed by atoms with Crippen LogP contribution in [-0.4, -0.2) is 60.9 Å². The summed E-state index contributed by atoms with van der Waals surface area (Å²) < 4.78 is 17.6. The van der Waals surface area contributed by atoms with E-state index in [2.05, 4.69) is 18.7 Å². The van der Waals surface area contributed by atoms with Gasteiger partial charge in [-0.05, 0) is 58.0 Å². The topological polar surface area (TPSA) is 68.4 Å². The molecule has 2 aliphatic carbocycles. The fraction of sp³-hybridized carbons (Fsp3) is 0.913. The molecule has 0 aromatic heterocycles. The number of fused-ring (bicyclic) bond motifs is 2. The monoisotopic (exact) mass is 405 g/mol. The quantitative estimate of drug-likeness (QED) is 0.529. The average Bonchev–Trinajstić information content (AvgIpc) is 3.37. The van der Waals surface area contributed by atoms with Gasteiger partial charge >= 0.3 is 11.9 Å². The van der Waals surface area contributed by atoms with Crippen LogP contribution in [0.1, 0.15) is 59.3 Å². The summed E-state index contributed by atoms with van der Waals surface area (Å²) in [5.74, 6) is 0.555. The molecule has 3 aliphatic heterocycles. The van der Waals surface area contributed by atoms with Crippen molar-refractivity contribution in [2.24, 2.45) is 29.1 Å². The number of carbonyl (C=O) groups is 2. The third kappa shape index (κ3) is 2.88. The van der Waals surface area contributed by atoms with E-state index in [1.54, 1.807) is 0 Å². The van der Waals surface area contributed by atoms with E-state index in [4.69, 9.17) is 14.2 Å². The standard InChI is InChI=1S/C23H35NO5/c1-4-27-20(25)15-7-10-24(11-8-15)13-16-18-17(28-21(16)26)12-22(3)9-5-6-14(2)23(22)19(18)29-23/h14-19H,4-13H2,1-3H3/t14-,16?,17+,18+,19?,22+,23?/m0/s1. The van der Waals surface area contributed by atoms with Gasteiger partial charge in [0.05, 0.1) is 24.5 Å². The van der Waals surface area contributed by atoms with Crippen molar-refractivity contribution in [1.29, 1.82) is 0 Å². The van der Waals surface area contributed by atoms with Gasteiger partial charge in [0.1, 0.15) is 11.7 Å². The van der Waals surface area contributed by atoms with Crippen molar-refractivity contribution in [3.05, 3.63) is 0 Å². The number of nitrogens with zero attached hydrogens (tertiary/aromatic N) is 1. The molecule has 29 heavy (non-hydrogen) atoms. The van der Waals surface area contributed by atoms with Crippen LogP contribution in [0.25, 0.3) is 0 Å². The summed E-state index contributed by atoms with van der Waals surface area (Å²) in [5, 5.41) is 0. The number of piperidine rings is 1.